The molecular weight excluding hydrogens is 266 g/mol. The highest BCUT2D eigenvalue weighted by Gasteiger charge is 2.09. The van der Waals surface area contributed by atoms with Gasteiger partial charge in [0.25, 0.3) is 0 Å². The topological polar surface area (TPSA) is 26.3 Å². The summed E-state index contributed by atoms with van der Waals surface area (Å²) < 4.78 is 18.4. The predicted molar refractivity (Wildman–Crippen MR) is 83.8 cm³/mol. The van der Waals surface area contributed by atoms with E-state index in [2.05, 4.69) is 13.6 Å². The third-order valence-corrected chi connectivity index (χ3v) is 3.41. The van der Waals surface area contributed by atoms with Gasteiger partial charge in [0.2, 0.25) is 0 Å². The number of rotatable bonds is 4. The Morgan fingerprint density at radius 1 is 1.14 bits per heavy atom. The van der Waals surface area contributed by atoms with E-state index in [0.717, 1.165) is 5.56 Å². The number of aryl methyl sites for hydroxylation is 1. The molecule has 0 unspecified atom stereocenters. The largest absolute Gasteiger partial charge is 0.457 e. The second kappa shape index (κ2) is 6.57. The minimum absolute atomic E-state index is 0.145. The van der Waals surface area contributed by atoms with Gasteiger partial charge >= 0.3 is 5.97 Å². The summed E-state index contributed by atoms with van der Waals surface area (Å²) in [6.07, 6.45) is 0. The molecule has 0 heterocycles. The van der Waals surface area contributed by atoms with E-state index in [1.54, 1.807) is 31.2 Å². The molecule has 0 N–H and O–H groups in total. The van der Waals surface area contributed by atoms with Gasteiger partial charge in [0, 0.05) is 0 Å². The van der Waals surface area contributed by atoms with Crippen molar-refractivity contribution in [2.24, 2.45) is 0 Å². The molecule has 0 saturated carbocycles. The summed E-state index contributed by atoms with van der Waals surface area (Å²) in [6.45, 7) is 6.46. The van der Waals surface area contributed by atoms with Crippen molar-refractivity contribution in [2.75, 3.05) is 0 Å². The number of halogens is 1. The molecule has 4 heteroatoms. The SMILES string of the molecule is CB(C)c1ccc(C(=O)OCc2ccc(F)c(C)c2)cc1. The van der Waals surface area contributed by atoms with Gasteiger partial charge in [-0.3, -0.25) is 0 Å². The quantitative estimate of drug-likeness (QED) is 0.635. The molecule has 2 aromatic carbocycles. The first-order valence-corrected chi connectivity index (χ1v) is 6.99. The minimum Gasteiger partial charge on any atom is -0.457 e. The van der Waals surface area contributed by atoms with Crippen LogP contribution in [0.25, 0.3) is 0 Å². The molecule has 2 aromatic rings. The number of hydrogen-bond donors (Lipinski definition) is 0. The third kappa shape index (κ3) is 3.94. The molecule has 0 aliphatic rings. The minimum atomic E-state index is -0.368. The molecule has 0 saturated heterocycles. The van der Waals surface area contributed by atoms with Crippen molar-refractivity contribution < 1.29 is 13.9 Å². The molecule has 0 aliphatic carbocycles. The van der Waals surface area contributed by atoms with Crippen LogP contribution >= 0.6 is 0 Å². The van der Waals surface area contributed by atoms with E-state index in [1.807, 2.05) is 12.1 Å². The summed E-state index contributed by atoms with van der Waals surface area (Å²) in [5.41, 5.74) is 3.03. The molecule has 0 radical (unpaired) electrons. The van der Waals surface area contributed by atoms with Gasteiger partial charge in [0.15, 0.2) is 6.71 Å². The molecular formula is C17H18BFO2. The number of carbonyl (C=O) groups is 1. The van der Waals surface area contributed by atoms with E-state index in [9.17, 15) is 9.18 Å². The summed E-state index contributed by atoms with van der Waals surface area (Å²) in [6, 6.07) is 12.1. The first kappa shape index (κ1) is 15.3. The van der Waals surface area contributed by atoms with Gasteiger partial charge in [-0.25, -0.2) is 9.18 Å². The Morgan fingerprint density at radius 3 is 2.38 bits per heavy atom. The Morgan fingerprint density at radius 2 is 1.81 bits per heavy atom. The molecule has 0 amide bonds. The number of ether oxygens (including phenoxy) is 1. The Labute approximate surface area is 125 Å². The maximum absolute atomic E-state index is 13.2. The average molecular weight is 284 g/mol. The van der Waals surface area contributed by atoms with Gasteiger partial charge in [0.05, 0.1) is 5.56 Å². The van der Waals surface area contributed by atoms with Crippen LogP contribution < -0.4 is 5.46 Å². The van der Waals surface area contributed by atoms with E-state index in [1.165, 1.54) is 11.5 Å². The van der Waals surface area contributed by atoms with Crippen LogP contribution in [0.4, 0.5) is 4.39 Å². The molecule has 0 fully saturated rings. The second-order valence-corrected chi connectivity index (χ2v) is 5.44. The standard InChI is InChI=1S/C17H18BFO2/c1-12-10-13(4-9-16(12)19)11-21-17(20)14-5-7-15(8-6-14)18(2)3/h4-10H,11H2,1-3H3. The molecule has 2 nitrogen and oxygen atoms in total. The smallest absolute Gasteiger partial charge is 0.338 e. The monoisotopic (exact) mass is 284 g/mol. The fourth-order valence-electron chi connectivity index (χ4n) is 2.03. The zero-order chi connectivity index (χ0) is 15.4. The van der Waals surface area contributed by atoms with E-state index >= 15 is 0 Å². The fraction of sp³-hybridized carbons (Fsp3) is 0.235. The predicted octanol–water partition coefficient (Wildman–Crippen LogP) is 3.45. The van der Waals surface area contributed by atoms with Crippen molar-refractivity contribution in [3.05, 3.63) is 65.0 Å². The maximum Gasteiger partial charge on any atom is 0.338 e. The molecule has 0 spiro atoms. The van der Waals surface area contributed by atoms with Crippen molar-refractivity contribution >= 4 is 18.1 Å². The number of esters is 1. The molecule has 2 rings (SSSR count). The highest BCUT2D eigenvalue weighted by Crippen LogP contribution is 2.11. The Balaban J connectivity index is 1.99. The van der Waals surface area contributed by atoms with Crippen LogP contribution in [0.3, 0.4) is 0 Å². The summed E-state index contributed by atoms with van der Waals surface area (Å²) >= 11 is 0. The molecule has 0 aromatic heterocycles. The van der Waals surface area contributed by atoms with Crippen LogP contribution in [0.5, 0.6) is 0 Å². The van der Waals surface area contributed by atoms with E-state index < -0.39 is 0 Å². The number of benzene rings is 2. The number of hydrogen-bond acceptors (Lipinski definition) is 2. The summed E-state index contributed by atoms with van der Waals surface area (Å²) in [4.78, 5) is 12.0. The van der Waals surface area contributed by atoms with Gasteiger partial charge in [-0.1, -0.05) is 37.3 Å². The fourth-order valence-corrected chi connectivity index (χ4v) is 2.03. The summed E-state index contributed by atoms with van der Waals surface area (Å²) in [7, 11) is 0. The van der Waals surface area contributed by atoms with Crippen LogP contribution in [0.2, 0.25) is 13.6 Å². The lowest BCUT2D eigenvalue weighted by atomic mass is 9.49. The molecule has 21 heavy (non-hydrogen) atoms. The van der Waals surface area contributed by atoms with Gasteiger partial charge in [-0.15, -0.1) is 0 Å². The van der Waals surface area contributed by atoms with Crippen molar-refractivity contribution in [2.45, 2.75) is 27.2 Å². The molecule has 0 bridgehead atoms. The Bertz CT molecular complexity index is 636. The van der Waals surface area contributed by atoms with E-state index in [0.29, 0.717) is 17.8 Å². The lowest BCUT2D eigenvalue weighted by Gasteiger charge is -2.07. The first-order chi connectivity index (χ1) is 9.97. The van der Waals surface area contributed by atoms with Gasteiger partial charge in [0.1, 0.15) is 12.4 Å². The van der Waals surface area contributed by atoms with E-state index in [-0.39, 0.29) is 18.4 Å². The molecule has 0 aliphatic heterocycles. The lowest BCUT2D eigenvalue weighted by molar-refractivity contribution is 0.0472. The van der Waals surface area contributed by atoms with Gasteiger partial charge in [-0.05, 0) is 42.3 Å². The van der Waals surface area contributed by atoms with Crippen LogP contribution in [0.15, 0.2) is 42.5 Å². The summed E-state index contributed by atoms with van der Waals surface area (Å²) in [5, 5.41) is 0. The zero-order valence-corrected chi connectivity index (χ0v) is 12.5. The summed E-state index contributed by atoms with van der Waals surface area (Å²) in [5.74, 6) is -0.623. The second-order valence-electron chi connectivity index (χ2n) is 5.44. The molecule has 0 atom stereocenters. The number of carbonyl (C=O) groups excluding carboxylic acids is 1. The van der Waals surface area contributed by atoms with E-state index in [4.69, 9.17) is 4.74 Å². The van der Waals surface area contributed by atoms with Crippen molar-refractivity contribution in [3.63, 3.8) is 0 Å². The van der Waals surface area contributed by atoms with Gasteiger partial charge < -0.3 is 4.74 Å². The van der Waals surface area contributed by atoms with Crippen LogP contribution in [0.1, 0.15) is 21.5 Å². The zero-order valence-electron chi connectivity index (χ0n) is 12.5. The first-order valence-electron chi connectivity index (χ1n) is 6.99. The highest BCUT2D eigenvalue weighted by atomic mass is 19.1. The highest BCUT2D eigenvalue weighted by molar-refractivity contribution is 6.70. The van der Waals surface area contributed by atoms with Crippen molar-refractivity contribution in [3.8, 4) is 0 Å². The van der Waals surface area contributed by atoms with Crippen molar-refractivity contribution in [1.29, 1.82) is 0 Å². The van der Waals surface area contributed by atoms with Crippen LogP contribution in [0, 0.1) is 12.7 Å². The Hall–Kier alpha value is -2.10. The van der Waals surface area contributed by atoms with Crippen LogP contribution in [-0.4, -0.2) is 12.7 Å². The maximum atomic E-state index is 13.2. The average Bonchev–Trinajstić information content (AvgIpc) is 2.48. The lowest BCUT2D eigenvalue weighted by Crippen LogP contribution is -2.22. The van der Waals surface area contributed by atoms with Gasteiger partial charge in [-0.2, -0.15) is 0 Å². The normalized spacial score (nSPS) is 10.3. The van der Waals surface area contributed by atoms with Crippen molar-refractivity contribution in [1.82, 2.24) is 0 Å². The Kier molecular flexibility index (Phi) is 4.79. The molecule has 108 valence electrons. The van der Waals surface area contributed by atoms with Crippen LogP contribution in [-0.2, 0) is 11.3 Å². The third-order valence-electron chi connectivity index (χ3n) is 3.41.